The normalized spacial score (nSPS) is 15.1. The first-order chi connectivity index (χ1) is 20.8. The van der Waals surface area contributed by atoms with Gasteiger partial charge in [-0.3, -0.25) is 4.79 Å². The maximum atomic E-state index is 13.7. The lowest BCUT2D eigenvalue weighted by Gasteiger charge is -2.33. The van der Waals surface area contributed by atoms with Crippen molar-refractivity contribution in [3.63, 3.8) is 0 Å². The van der Waals surface area contributed by atoms with Crippen LogP contribution >= 0.6 is 22.9 Å². The molecule has 0 unspecified atom stereocenters. The second kappa shape index (κ2) is 12.4. The number of hydrogen-bond donors (Lipinski definition) is 1. The van der Waals surface area contributed by atoms with Crippen LogP contribution in [0, 0.1) is 11.3 Å². The van der Waals surface area contributed by atoms with Crippen molar-refractivity contribution in [2.75, 3.05) is 0 Å². The summed E-state index contributed by atoms with van der Waals surface area (Å²) < 4.78 is 11.8. The molecule has 7 heteroatoms. The van der Waals surface area contributed by atoms with Crippen LogP contribution in [0.25, 0.3) is 10.8 Å². The number of hydrogen-bond acceptors (Lipinski definition) is 5. The highest BCUT2D eigenvalue weighted by Crippen LogP contribution is 2.45. The Morgan fingerprint density at radius 1 is 1.09 bits per heavy atom. The van der Waals surface area contributed by atoms with Gasteiger partial charge in [0.1, 0.15) is 23.1 Å². The third kappa shape index (κ3) is 6.56. The van der Waals surface area contributed by atoms with E-state index in [9.17, 15) is 4.79 Å². The molecule has 1 N–H and O–H groups in total. The molecule has 2 heterocycles. The van der Waals surface area contributed by atoms with Gasteiger partial charge in [-0.15, -0.1) is 11.3 Å². The van der Waals surface area contributed by atoms with Crippen molar-refractivity contribution in [2.24, 2.45) is 16.3 Å². The van der Waals surface area contributed by atoms with Gasteiger partial charge in [0.15, 0.2) is 0 Å². The van der Waals surface area contributed by atoms with E-state index in [-0.39, 0.29) is 11.3 Å². The number of carbonyl (C=O) groups excluding carboxylic acids is 1. The predicted molar refractivity (Wildman–Crippen MR) is 176 cm³/mol. The number of thiophene rings is 1. The number of fused-ring (bicyclic) bond motifs is 2. The van der Waals surface area contributed by atoms with Gasteiger partial charge in [0.25, 0.3) is 5.91 Å². The molecule has 220 valence electrons. The molecule has 6 rings (SSSR count). The molecule has 0 fully saturated rings. The molecule has 1 atom stereocenters. The number of carbonyl (C=O) groups is 1. The molecule has 1 amide bonds. The van der Waals surface area contributed by atoms with Gasteiger partial charge in [0.05, 0.1) is 18.4 Å². The van der Waals surface area contributed by atoms with Crippen LogP contribution in [0.4, 0.5) is 5.00 Å². The molecule has 3 aromatic carbocycles. The molecule has 0 saturated heterocycles. The second-order valence-electron chi connectivity index (χ2n) is 12.1. The lowest BCUT2D eigenvalue weighted by Crippen LogP contribution is -2.28. The van der Waals surface area contributed by atoms with Gasteiger partial charge >= 0.3 is 0 Å². The Kier molecular flexibility index (Phi) is 8.42. The minimum absolute atomic E-state index is 0.118. The van der Waals surface area contributed by atoms with E-state index in [0.717, 1.165) is 57.5 Å². The number of nitrogens with zero attached hydrogens (tertiary/aromatic N) is 1. The molecule has 1 aliphatic carbocycles. The van der Waals surface area contributed by atoms with E-state index in [0.29, 0.717) is 35.4 Å². The van der Waals surface area contributed by atoms with Crippen molar-refractivity contribution < 1.29 is 13.9 Å². The molecule has 0 radical (unpaired) electrons. The first kappa shape index (κ1) is 29.2. The smallest absolute Gasteiger partial charge is 0.255 e. The monoisotopic (exact) mass is 610 g/mol. The molecule has 0 bridgehead atoms. The summed E-state index contributed by atoms with van der Waals surface area (Å²) in [5.74, 6) is 1.89. The first-order valence-electron chi connectivity index (χ1n) is 14.6. The van der Waals surface area contributed by atoms with Crippen LogP contribution in [0.3, 0.4) is 0 Å². The standard InChI is InChI=1S/C36H35ClN2O3S/c1-36(2,3)25-13-16-29-32(19-25)43-35(33(29)34(40)38-20-27-8-6-18-41-27)39-21-30-28-9-5-4-7-24(28)12-17-31(30)42-22-23-10-14-26(37)15-11-23/h4-12,14-15,17-18,21,25H,13,16,19-20,22H2,1-3H3,(H,38,40)/t25-/m0/s1. The first-order valence-corrected chi connectivity index (χ1v) is 15.8. The number of furan rings is 1. The van der Waals surface area contributed by atoms with Crippen LogP contribution in [0.2, 0.25) is 5.02 Å². The predicted octanol–water partition coefficient (Wildman–Crippen LogP) is 9.56. The summed E-state index contributed by atoms with van der Waals surface area (Å²) in [7, 11) is 0. The highest BCUT2D eigenvalue weighted by Gasteiger charge is 2.33. The van der Waals surface area contributed by atoms with Gasteiger partial charge in [-0.25, -0.2) is 4.99 Å². The number of ether oxygens (including phenoxy) is 1. The molecular weight excluding hydrogens is 576 g/mol. The summed E-state index contributed by atoms with van der Waals surface area (Å²) in [5, 5.41) is 6.62. The van der Waals surface area contributed by atoms with Gasteiger partial charge in [-0.1, -0.05) is 74.8 Å². The quantitative estimate of drug-likeness (QED) is 0.178. The third-order valence-electron chi connectivity index (χ3n) is 8.25. The zero-order valence-corrected chi connectivity index (χ0v) is 26.2. The van der Waals surface area contributed by atoms with E-state index in [4.69, 9.17) is 25.7 Å². The zero-order chi connectivity index (χ0) is 30.0. The van der Waals surface area contributed by atoms with Crippen LogP contribution in [-0.2, 0) is 26.0 Å². The van der Waals surface area contributed by atoms with Crippen molar-refractivity contribution in [2.45, 2.75) is 53.2 Å². The average Bonchev–Trinajstić information content (AvgIpc) is 3.65. The lowest BCUT2D eigenvalue weighted by atomic mass is 9.72. The lowest BCUT2D eigenvalue weighted by molar-refractivity contribution is 0.0947. The Balaban J connectivity index is 1.36. The maximum absolute atomic E-state index is 13.7. The van der Waals surface area contributed by atoms with E-state index >= 15 is 0 Å². The van der Waals surface area contributed by atoms with E-state index in [1.54, 1.807) is 17.6 Å². The molecule has 43 heavy (non-hydrogen) atoms. The highest BCUT2D eigenvalue weighted by molar-refractivity contribution is 7.16. The van der Waals surface area contributed by atoms with Crippen molar-refractivity contribution in [1.82, 2.24) is 5.32 Å². The summed E-state index contributed by atoms with van der Waals surface area (Å²) in [6.07, 6.45) is 6.37. The summed E-state index contributed by atoms with van der Waals surface area (Å²) >= 11 is 7.72. The van der Waals surface area contributed by atoms with E-state index < -0.39 is 0 Å². The fraction of sp³-hybridized carbons (Fsp3) is 0.278. The molecule has 1 aliphatic rings. The molecule has 0 aliphatic heterocycles. The maximum Gasteiger partial charge on any atom is 0.255 e. The van der Waals surface area contributed by atoms with Crippen molar-refractivity contribution >= 4 is 50.8 Å². The third-order valence-corrected chi connectivity index (χ3v) is 9.67. The molecule has 0 saturated carbocycles. The minimum Gasteiger partial charge on any atom is -0.488 e. The Hall–Kier alpha value is -3.87. The highest BCUT2D eigenvalue weighted by atomic mass is 35.5. The summed E-state index contributed by atoms with van der Waals surface area (Å²) in [4.78, 5) is 20.0. The number of rotatable bonds is 8. The van der Waals surface area contributed by atoms with Gasteiger partial charge in [0, 0.05) is 21.7 Å². The number of aliphatic imine (C=N–C) groups is 1. The summed E-state index contributed by atoms with van der Waals surface area (Å²) in [6, 6.07) is 23.6. The van der Waals surface area contributed by atoms with Crippen LogP contribution in [0.5, 0.6) is 5.75 Å². The topological polar surface area (TPSA) is 63.8 Å². The number of benzene rings is 3. The fourth-order valence-corrected chi connectivity index (χ4v) is 7.10. The molecule has 5 nitrogen and oxygen atoms in total. The Labute approximate surface area is 261 Å². The fourth-order valence-electron chi connectivity index (χ4n) is 5.70. The van der Waals surface area contributed by atoms with E-state index in [1.807, 2.05) is 60.8 Å². The average molecular weight is 611 g/mol. The molecular formula is C36H35ClN2O3S. The molecule has 5 aromatic rings. The number of halogens is 1. The zero-order valence-electron chi connectivity index (χ0n) is 24.7. The van der Waals surface area contributed by atoms with E-state index in [1.165, 1.54) is 4.88 Å². The molecule has 0 spiro atoms. The molecule has 2 aromatic heterocycles. The van der Waals surface area contributed by atoms with Crippen LogP contribution < -0.4 is 10.1 Å². The number of amides is 1. The Morgan fingerprint density at radius 3 is 2.67 bits per heavy atom. The van der Waals surface area contributed by atoms with Crippen LogP contribution in [-0.4, -0.2) is 12.1 Å². The van der Waals surface area contributed by atoms with Gasteiger partial charge < -0.3 is 14.5 Å². The van der Waals surface area contributed by atoms with Gasteiger partial charge in [0.2, 0.25) is 0 Å². The summed E-state index contributed by atoms with van der Waals surface area (Å²) in [5.41, 5.74) is 3.92. The van der Waals surface area contributed by atoms with Crippen LogP contribution in [0.15, 0.2) is 88.5 Å². The largest absolute Gasteiger partial charge is 0.488 e. The van der Waals surface area contributed by atoms with Gasteiger partial charge in [-0.05, 0) is 82.8 Å². The van der Waals surface area contributed by atoms with Crippen molar-refractivity contribution in [1.29, 1.82) is 0 Å². The van der Waals surface area contributed by atoms with E-state index in [2.05, 4.69) is 44.3 Å². The second-order valence-corrected chi connectivity index (χ2v) is 13.6. The Bertz CT molecular complexity index is 1770. The minimum atomic E-state index is -0.118. The van der Waals surface area contributed by atoms with Crippen LogP contribution in [0.1, 0.15) is 64.9 Å². The van der Waals surface area contributed by atoms with Crippen molar-refractivity contribution in [3.05, 3.63) is 117 Å². The summed E-state index contributed by atoms with van der Waals surface area (Å²) in [6.45, 7) is 7.64. The Morgan fingerprint density at radius 2 is 1.91 bits per heavy atom. The van der Waals surface area contributed by atoms with Gasteiger partial charge in [-0.2, -0.15) is 0 Å². The SMILES string of the molecule is CC(C)(C)[C@H]1CCc2c(sc(N=Cc3c(OCc4ccc(Cl)cc4)ccc4ccccc34)c2C(=O)NCc2ccco2)C1. The van der Waals surface area contributed by atoms with Crippen molar-refractivity contribution in [3.8, 4) is 5.75 Å². The number of nitrogens with one attached hydrogen (secondary N) is 1.